The Labute approximate surface area is 202 Å². The van der Waals surface area contributed by atoms with Crippen molar-refractivity contribution in [3.8, 4) is 11.3 Å². The van der Waals surface area contributed by atoms with E-state index in [9.17, 15) is 23.1 Å². The topological polar surface area (TPSA) is 95.6 Å². The Morgan fingerprint density at radius 1 is 1.17 bits per heavy atom. The molecule has 2 N–H and O–H groups in total. The average molecular weight is 503 g/mol. The van der Waals surface area contributed by atoms with Gasteiger partial charge in [0.05, 0.1) is 18.4 Å². The fourth-order valence-corrected chi connectivity index (χ4v) is 5.08. The van der Waals surface area contributed by atoms with Crippen LogP contribution in [-0.4, -0.2) is 61.4 Å². The Morgan fingerprint density at radius 2 is 1.91 bits per heavy atom. The quantitative estimate of drug-likeness (QED) is 0.382. The van der Waals surface area contributed by atoms with E-state index in [2.05, 4.69) is 20.4 Å². The number of carbonyl (C=O) groups is 1. The van der Waals surface area contributed by atoms with Gasteiger partial charge in [0, 0.05) is 16.6 Å². The predicted molar refractivity (Wildman–Crippen MR) is 125 cm³/mol. The maximum absolute atomic E-state index is 12.6. The SMILES string of the molecule is O=C(O)c1cc(-c2cnc(Nc3ccc(C4CCN(CC(F)(F)F)CC4)cc3)c3ncnn23)cs1. The van der Waals surface area contributed by atoms with Crippen LogP contribution in [0.25, 0.3) is 16.9 Å². The lowest BCUT2D eigenvalue weighted by atomic mass is 9.89. The third-order valence-electron chi connectivity index (χ3n) is 6.04. The first-order valence-electron chi connectivity index (χ1n) is 10.9. The zero-order valence-electron chi connectivity index (χ0n) is 18.4. The highest BCUT2D eigenvalue weighted by Crippen LogP contribution is 2.32. The number of piperidine rings is 1. The van der Waals surface area contributed by atoms with Crippen LogP contribution in [0.4, 0.5) is 24.7 Å². The predicted octanol–water partition coefficient (Wildman–Crippen LogP) is 5.04. The van der Waals surface area contributed by atoms with Gasteiger partial charge in [-0.15, -0.1) is 11.3 Å². The summed E-state index contributed by atoms with van der Waals surface area (Å²) in [6, 6.07) is 9.38. The van der Waals surface area contributed by atoms with Crippen LogP contribution in [0, 0.1) is 0 Å². The summed E-state index contributed by atoms with van der Waals surface area (Å²) in [5.41, 5.74) is 3.69. The zero-order chi connectivity index (χ0) is 24.6. The largest absolute Gasteiger partial charge is 0.477 e. The number of aromatic carboxylic acids is 1. The Hall–Kier alpha value is -3.51. The molecule has 1 saturated heterocycles. The molecule has 12 heteroatoms. The number of rotatable bonds is 6. The summed E-state index contributed by atoms with van der Waals surface area (Å²) in [4.78, 5) is 21.7. The number of aromatic nitrogens is 4. The molecule has 0 radical (unpaired) electrons. The summed E-state index contributed by atoms with van der Waals surface area (Å²) in [5, 5.41) is 18.4. The molecule has 0 bridgehead atoms. The average Bonchev–Trinajstić information content (AvgIpc) is 3.50. The van der Waals surface area contributed by atoms with Gasteiger partial charge in [0.2, 0.25) is 0 Å². The number of likely N-dealkylation sites (tertiary alicyclic amines) is 1. The number of alkyl halides is 3. The second-order valence-corrected chi connectivity index (χ2v) is 9.32. The Balaban J connectivity index is 1.29. The molecular formula is C23H21F3N6O2S. The summed E-state index contributed by atoms with van der Waals surface area (Å²) < 4.78 is 39.4. The highest BCUT2D eigenvalue weighted by atomic mass is 32.1. The van der Waals surface area contributed by atoms with Gasteiger partial charge in [-0.1, -0.05) is 12.1 Å². The Bertz CT molecular complexity index is 1340. The van der Waals surface area contributed by atoms with Crippen LogP contribution >= 0.6 is 11.3 Å². The van der Waals surface area contributed by atoms with Crippen molar-refractivity contribution in [1.29, 1.82) is 0 Å². The third kappa shape index (κ3) is 5.13. The molecule has 35 heavy (non-hydrogen) atoms. The van der Waals surface area contributed by atoms with Crippen LogP contribution in [0.3, 0.4) is 0 Å². The zero-order valence-corrected chi connectivity index (χ0v) is 19.2. The Kier molecular flexibility index (Phi) is 6.15. The number of carboxylic acid groups (broad SMARTS) is 1. The first-order chi connectivity index (χ1) is 16.8. The number of anilines is 2. The molecule has 0 unspecified atom stereocenters. The molecule has 0 aliphatic carbocycles. The number of nitrogens with zero attached hydrogens (tertiary/aromatic N) is 5. The van der Waals surface area contributed by atoms with Gasteiger partial charge in [0.15, 0.2) is 11.5 Å². The van der Waals surface area contributed by atoms with Gasteiger partial charge in [-0.25, -0.2) is 19.3 Å². The molecule has 0 atom stereocenters. The first-order valence-corrected chi connectivity index (χ1v) is 11.8. The van der Waals surface area contributed by atoms with Crippen molar-refractivity contribution in [2.75, 3.05) is 25.0 Å². The molecule has 4 aromatic rings. The summed E-state index contributed by atoms with van der Waals surface area (Å²) in [7, 11) is 0. The fraction of sp³-hybridized carbons (Fsp3) is 0.304. The minimum absolute atomic E-state index is 0.224. The highest BCUT2D eigenvalue weighted by Gasteiger charge is 2.32. The lowest BCUT2D eigenvalue weighted by Gasteiger charge is -2.32. The molecule has 5 rings (SSSR count). The molecule has 1 aromatic carbocycles. The highest BCUT2D eigenvalue weighted by molar-refractivity contribution is 7.12. The lowest BCUT2D eigenvalue weighted by molar-refractivity contribution is -0.147. The van der Waals surface area contributed by atoms with Gasteiger partial charge in [0.25, 0.3) is 0 Å². The van der Waals surface area contributed by atoms with Crippen molar-refractivity contribution in [1.82, 2.24) is 24.5 Å². The van der Waals surface area contributed by atoms with Crippen molar-refractivity contribution in [3.05, 3.63) is 58.7 Å². The minimum Gasteiger partial charge on any atom is -0.477 e. The van der Waals surface area contributed by atoms with E-state index in [1.165, 1.54) is 11.2 Å². The van der Waals surface area contributed by atoms with E-state index in [0.29, 0.717) is 48.7 Å². The molecule has 1 fully saturated rings. The van der Waals surface area contributed by atoms with Crippen molar-refractivity contribution >= 4 is 34.5 Å². The molecule has 4 heterocycles. The maximum atomic E-state index is 12.6. The standard InChI is InChI=1S/C23H21F3N6O2S/c24-23(25,26)12-31-7-5-15(6-8-31)14-1-3-17(4-2-14)30-20-21-28-13-29-32(21)18(10-27-20)16-9-19(22(33)34)35-11-16/h1-4,9-11,13,15H,5-8,12H2,(H,27,30)(H,33,34). The van der Waals surface area contributed by atoms with E-state index in [-0.39, 0.29) is 10.8 Å². The number of halogens is 3. The number of hydrogen-bond donors (Lipinski definition) is 2. The number of fused-ring (bicyclic) bond motifs is 1. The van der Waals surface area contributed by atoms with Crippen LogP contribution in [-0.2, 0) is 0 Å². The minimum atomic E-state index is -4.16. The number of thiophene rings is 1. The Morgan fingerprint density at radius 3 is 2.57 bits per heavy atom. The molecular weight excluding hydrogens is 481 g/mol. The molecule has 8 nitrogen and oxygen atoms in total. The van der Waals surface area contributed by atoms with Gasteiger partial charge in [-0.05, 0) is 55.6 Å². The fourth-order valence-electron chi connectivity index (χ4n) is 4.34. The molecule has 0 saturated carbocycles. The summed E-state index contributed by atoms with van der Waals surface area (Å²) in [5.74, 6) is -0.263. The smallest absolute Gasteiger partial charge is 0.401 e. The van der Waals surface area contributed by atoms with E-state index in [1.807, 2.05) is 24.3 Å². The van der Waals surface area contributed by atoms with Crippen LogP contribution in [0.5, 0.6) is 0 Å². The van der Waals surface area contributed by atoms with Crippen LogP contribution < -0.4 is 5.32 Å². The second-order valence-electron chi connectivity index (χ2n) is 8.40. The van der Waals surface area contributed by atoms with E-state index in [1.54, 1.807) is 22.2 Å². The van der Waals surface area contributed by atoms with E-state index < -0.39 is 18.7 Å². The molecule has 0 amide bonds. The summed E-state index contributed by atoms with van der Waals surface area (Å²) in [6.45, 7) is 0.0192. The van der Waals surface area contributed by atoms with E-state index in [0.717, 1.165) is 22.6 Å². The number of benzene rings is 1. The van der Waals surface area contributed by atoms with Crippen molar-refractivity contribution < 1.29 is 23.1 Å². The van der Waals surface area contributed by atoms with Crippen molar-refractivity contribution in [2.24, 2.45) is 0 Å². The maximum Gasteiger partial charge on any atom is 0.401 e. The van der Waals surface area contributed by atoms with Gasteiger partial charge in [-0.3, -0.25) is 4.90 Å². The van der Waals surface area contributed by atoms with Crippen molar-refractivity contribution in [2.45, 2.75) is 24.9 Å². The molecule has 3 aromatic heterocycles. The third-order valence-corrected chi connectivity index (χ3v) is 6.96. The van der Waals surface area contributed by atoms with Crippen LogP contribution in [0.2, 0.25) is 0 Å². The lowest BCUT2D eigenvalue weighted by Crippen LogP contribution is -2.39. The molecule has 1 aliphatic heterocycles. The van der Waals surface area contributed by atoms with E-state index in [4.69, 9.17) is 0 Å². The van der Waals surface area contributed by atoms with Crippen LogP contribution in [0.15, 0.2) is 48.2 Å². The van der Waals surface area contributed by atoms with Gasteiger partial charge in [-0.2, -0.15) is 18.3 Å². The molecule has 1 aliphatic rings. The van der Waals surface area contributed by atoms with Crippen molar-refractivity contribution in [3.63, 3.8) is 0 Å². The van der Waals surface area contributed by atoms with Crippen LogP contribution in [0.1, 0.15) is 34.0 Å². The number of nitrogens with one attached hydrogen (secondary N) is 1. The second kappa shape index (κ2) is 9.27. The first kappa shape index (κ1) is 23.2. The normalized spacial score (nSPS) is 15.5. The number of carboxylic acids is 1. The summed E-state index contributed by atoms with van der Waals surface area (Å²) >= 11 is 1.13. The number of hydrogen-bond acceptors (Lipinski definition) is 7. The van der Waals surface area contributed by atoms with Gasteiger partial charge in [0.1, 0.15) is 11.2 Å². The van der Waals surface area contributed by atoms with E-state index >= 15 is 0 Å². The van der Waals surface area contributed by atoms with Gasteiger partial charge >= 0.3 is 12.1 Å². The monoisotopic (exact) mass is 502 g/mol. The summed E-state index contributed by atoms with van der Waals surface area (Å²) in [6.07, 6.45) is 0.245. The van der Waals surface area contributed by atoms with Gasteiger partial charge < -0.3 is 10.4 Å². The molecule has 182 valence electrons. The molecule has 0 spiro atoms.